The molecule has 0 amide bonds. The Kier molecular flexibility index (Phi) is 7.86. The van der Waals surface area contributed by atoms with Gasteiger partial charge in [-0.3, -0.25) is 9.36 Å². The van der Waals surface area contributed by atoms with Crippen molar-refractivity contribution >= 4 is 35.0 Å². The smallest absolute Gasteiger partial charge is 0.338 e. The molecule has 7 nitrogen and oxygen atoms in total. The number of allylic oxidation sites excluding steroid dienone is 1. The first kappa shape index (κ1) is 27.4. The average Bonchev–Trinajstić information content (AvgIpc) is 3.27. The zero-order valence-corrected chi connectivity index (χ0v) is 23.4. The number of esters is 1. The van der Waals surface area contributed by atoms with Gasteiger partial charge in [-0.1, -0.05) is 65.4 Å². The Morgan fingerprint density at radius 2 is 1.88 bits per heavy atom. The molecule has 0 N–H and O–H groups in total. The fraction of sp³-hybridized carbons (Fsp3) is 0.167. The maximum atomic E-state index is 14.5. The van der Waals surface area contributed by atoms with Gasteiger partial charge in [0.1, 0.15) is 12.4 Å². The molecule has 1 atom stereocenters. The highest BCUT2D eigenvalue weighted by molar-refractivity contribution is 7.07. The van der Waals surface area contributed by atoms with E-state index >= 15 is 0 Å². The molecule has 0 radical (unpaired) electrons. The summed E-state index contributed by atoms with van der Waals surface area (Å²) in [4.78, 5) is 31.6. The predicted octanol–water partition coefficient (Wildman–Crippen LogP) is 4.79. The van der Waals surface area contributed by atoms with E-state index in [-0.39, 0.29) is 20.7 Å². The highest BCUT2D eigenvalue weighted by Gasteiger charge is 2.33. The van der Waals surface area contributed by atoms with E-state index in [9.17, 15) is 14.0 Å². The molecule has 0 saturated heterocycles. The molecule has 1 aliphatic rings. The lowest BCUT2D eigenvalue weighted by Gasteiger charge is -2.25. The maximum Gasteiger partial charge on any atom is 0.338 e. The number of hydrogen-bond donors (Lipinski definition) is 0. The van der Waals surface area contributed by atoms with E-state index in [1.165, 1.54) is 37.0 Å². The fourth-order valence-electron chi connectivity index (χ4n) is 4.50. The highest BCUT2D eigenvalue weighted by atomic mass is 35.5. The number of benzene rings is 3. The summed E-state index contributed by atoms with van der Waals surface area (Å²) >= 11 is 7.29. The van der Waals surface area contributed by atoms with E-state index in [2.05, 4.69) is 4.99 Å². The summed E-state index contributed by atoms with van der Waals surface area (Å²) in [6.07, 6.45) is 1.40. The molecular formula is C30H24ClFN2O5S. The minimum absolute atomic E-state index is 0.0940. The SMILES string of the molecule is COC(=O)C1=C(C)N=c2s/c(=C\c3c(F)cccc3Cl)c(=O)n2C1c1ccc(OCc2ccccc2)c(OC)c1. The molecule has 5 rings (SSSR count). The Hall–Kier alpha value is -4.21. The molecule has 2 heterocycles. The van der Waals surface area contributed by atoms with Gasteiger partial charge in [0.25, 0.3) is 5.56 Å². The van der Waals surface area contributed by atoms with Crippen molar-refractivity contribution < 1.29 is 23.4 Å². The van der Waals surface area contributed by atoms with Crippen LogP contribution in [0, 0.1) is 5.82 Å². The lowest BCUT2D eigenvalue weighted by Crippen LogP contribution is -2.39. The number of halogens is 2. The third kappa shape index (κ3) is 5.17. The summed E-state index contributed by atoms with van der Waals surface area (Å²) in [6.45, 7) is 2.01. The molecule has 40 heavy (non-hydrogen) atoms. The molecule has 204 valence electrons. The van der Waals surface area contributed by atoms with Crippen LogP contribution in [-0.2, 0) is 16.1 Å². The van der Waals surface area contributed by atoms with Gasteiger partial charge < -0.3 is 14.2 Å². The van der Waals surface area contributed by atoms with Crippen molar-refractivity contribution in [1.29, 1.82) is 0 Å². The third-order valence-corrected chi connectivity index (χ3v) is 7.76. The molecule has 4 aromatic rings. The van der Waals surface area contributed by atoms with Crippen LogP contribution in [0.4, 0.5) is 4.39 Å². The van der Waals surface area contributed by atoms with E-state index in [1.807, 2.05) is 30.3 Å². The minimum Gasteiger partial charge on any atom is -0.493 e. The Morgan fingerprint density at radius 1 is 1.10 bits per heavy atom. The monoisotopic (exact) mass is 578 g/mol. The zero-order chi connectivity index (χ0) is 28.4. The van der Waals surface area contributed by atoms with Gasteiger partial charge in [-0.05, 0) is 48.4 Å². The molecule has 1 aromatic heterocycles. The van der Waals surface area contributed by atoms with Crippen molar-refractivity contribution in [2.45, 2.75) is 19.6 Å². The number of fused-ring (bicyclic) bond motifs is 1. The fourth-order valence-corrected chi connectivity index (χ4v) is 5.74. The van der Waals surface area contributed by atoms with Crippen molar-refractivity contribution in [2.24, 2.45) is 4.99 Å². The second kappa shape index (κ2) is 11.5. The lowest BCUT2D eigenvalue weighted by molar-refractivity contribution is -0.136. The molecule has 3 aromatic carbocycles. The number of rotatable bonds is 7. The zero-order valence-electron chi connectivity index (χ0n) is 21.8. The van der Waals surface area contributed by atoms with Crippen LogP contribution in [0.25, 0.3) is 6.08 Å². The van der Waals surface area contributed by atoms with Gasteiger partial charge in [0.2, 0.25) is 0 Å². The van der Waals surface area contributed by atoms with Gasteiger partial charge in [0.15, 0.2) is 16.3 Å². The Balaban J connectivity index is 1.64. The molecule has 0 fully saturated rings. The Morgan fingerprint density at radius 3 is 2.58 bits per heavy atom. The topological polar surface area (TPSA) is 79.1 Å². The summed E-state index contributed by atoms with van der Waals surface area (Å²) in [6, 6.07) is 18.3. The van der Waals surface area contributed by atoms with Crippen LogP contribution >= 0.6 is 22.9 Å². The Labute approximate surface area is 238 Å². The van der Waals surface area contributed by atoms with E-state index in [0.29, 0.717) is 34.2 Å². The van der Waals surface area contributed by atoms with Crippen LogP contribution < -0.4 is 24.4 Å². The highest BCUT2D eigenvalue weighted by Crippen LogP contribution is 2.36. The number of carbonyl (C=O) groups excluding carboxylic acids is 1. The van der Waals surface area contributed by atoms with Crippen LogP contribution in [0.2, 0.25) is 5.02 Å². The summed E-state index contributed by atoms with van der Waals surface area (Å²) < 4.78 is 32.8. The van der Waals surface area contributed by atoms with E-state index in [1.54, 1.807) is 31.2 Å². The van der Waals surface area contributed by atoms with Crippen molar-refractivity contribution in [3.05, 3.63) is 125 Å². The van der Waals surface area contributed by atoms with Crippen LogP contribution in [0.1, 0.15) is 29.7 Å². The predicted molar refractivity (Wildman–Crippen MR) is 151 cm³/mol. The molecule has 0 bridgehead atoms. The number of hydrogen-bond acceptors (Lipinski definition) is 7. The first-order chi connectivity index (χ1) is 19.3. The number of methoxy groups -OCH3 is 2. The molecule has 0 aliphatic carbocycles. The van der Waals surface area contributed by atoms with Gasteiger partial charge in [0.05, 0.1) is 41.1 Å². The van der Waals surface area contributed by atoms with E-state index in [0.717, 1.165) is 16.9 Å². The second-order valence-corrected chi connectivity index (χ2v) is 10.3. The first-order valence-electron chi connectivity index (χ1n) is 12.2. The number of carbonyl (C=O) groups is 1. The summed E-state index contributed by atoms with van der Waals surface area (Å²) in [5.41, 5.74) is 1.81. The summed E-state index contributed by atoms with van der Waals surface area (Å²) in [7, 11) is 2.78. The van der Waals surface area contributed by atoms with Gasteiger partial charge >= 0.3 is 5.97 Å². The van der Waals surface area contributed by atoms with Crippen LogP contribution in [0.5, 0.6) is 11.5 Å². The average molecular weight is 579 g/mol. The molecule has 1 aliphatic heterocycles. The minimum atomic E-state index is -0.876. The number of aromatic nitrogens is 1. The van der Waals surface area contributed by atoms with Crippen LogP contribution in [0.15, 0.2) is 87.8 Å². The van der Waals surface area contributed by atoms with Gasteiger partial charge in [-0.2, -0.15) is 0 Å². The lowest BCUT2D eigenvalue weighted by atomic mass is 9.95. The molecule has 0 saturated carbocycles. The maximum absolute atomic E-state index is 14.5. The van der Waals surface area contributed by atoms with Crippen molar-refractivity contribution in [3.8, 4) is 11.5 Å². The third-order valence-electron chi connectivity index (χ3n) is 6.44. The quantitative estimate of drug-likeness (QED) is 0.295. The normalized spacial score (nSPS) is 14.9. The van der Waals surface area contributed by atoms with Crippen molar-refractivity contribution in [3.63, 3.8) is 0 Å². The Bertz CT molecular complexity index is 1790. The number of thiazole rings is 1. The largest absolute Gasteiger partial charge is 0.493 e. The number of ether oxygens (including phenoxy) is 3. The van der Waals surface area contributed by atoms with Crippen molar-refractivity contribution in [2.75, 3.05) is 14.2 Å². The van der Waals surface area contributed by atoms with Gasteiger partial charge in [-0.15, -0.1) is 0 Å². The summed E-state index contributed by atoms with van der Waals surface area (Å²) in [5, 5.41) is 0.171. The van der Waals surface area contributed by atoms with Crippen LogP contribution in [0.3, 0.4) is 0 Å². The van der Waals surface area contributed by atoms with Gasteiger partial charge in [-0.25, -0.2) is 14.2 Å². The van der Waals surface area contributed by atoms with Gasteiger partial charge in [0, 0.05) is 5.56 Å². The van der Waals surface area contributed by atoms with E-state index in [4.69, 9.17) is 25.8 Å². The molecule has 1 unspecified atom stereocenters. The number of nitrogens with zero attached hydrogens (tertiary/aromatic N) is 2. The first-order valence-corrected chi connectivity index (χ1v) is 13.4. The second-order valence-electron chi connectivity index (χ2n) is 8.89. The molecule has 0 spiro atoms. The molecular weight excluding hydrogens is 555 g/mol. The molecule has 10 heteroatoms. The van der Waals surface area contributed by atoms with E-state index < -0.39 is 23.4 Å². The van der Waals surface area contributed by atoms with Crippen molar-refractivity contribution in [1.82, 2.24) is 4.57 Å². The van der Waals surface area contributed by atoms with Crippen LogP contribution in [-0.4, -0.2) is 24.8 Å². The standard InChI is InChI=1S/C30H24ClFN2O5S/c1-17-26(29(36)38-3)27(19-12-13-23(24(14-19)37-2)39-16-18-8-5-4-6-9-18)34-28(35)25(40-30(34)33-17)15-20-21(31)10-7-11-22(20)32/h4-15,27H,16H2,1-3H3/b25-15-. The summed E-state index contributed by atoms with van der Waals surface area (Å²) in [5.74, 6) is -0.261.